The third kappa shape index (κ3) is 3.01. The minimum Gasteiger partial charge on any atom is -0.543 e. The van der Waals surface area contributed by atoms with Crippen molar-refractivity contribution < 1.29 is 59.3 Å². The summed E-state index contributed by atoms with van der Waals surface area (Å²) < 4.78 is 1.67. The second-order valence-electron chi connectivity index (χ2n) is 7.16. The number of aliphatic hydroxyl groups excluding tert-OH is 2. The predicted octanol–water partition coefficient (Wildman–Crippen LogP) is -3.80. The number of fused-ring (bicyclic) bond motifs is 2. The molecule has 0 spiro atoms. The zero-order valence-electron chi connectivity index (χ0n) is 16.4. The van der Waals surface area contributed by atoms with E-state index in [0.717, 1.165) is 0 Å². The fraction of sp³-hybridized carbons (Fsp3) is 0.444. The largest absolute Gasteiger partial charge is 1.00 e. The van der Waals surface area contributed by atoms with Crippen LogP contribution in [0.25, 0.3) is 10.4 Å². The summed E-state index contributed by atoms with van der Waals surface area (Å²) >= 11 is 1.17. The summed E-state index contributed by atoms with van der Waals surface area (Å²) in [4.78, 5) is 42.7. The zero-order chi connectivity index (χ0) is 20.5. The molecule has 0 radical (unpaired) electrons. The van der Waals surface area contributed by atoms with Crippen LogP contribution in [0, 0.1) is 18.8 Å². The Morgan fingerprint density at radius 1 is 1.41 bits per heavy atom. The summed E-state index contributed by atoms with van der Waals surface area (Å²) in [5, 5.41) is 31.0. The SMILES string of the molecule is Cc1nc(C(=O)CO)c2sc(C3=C(C(=O)[O-])N4C(=O)[C@H]([C@@H](C)O)[C@H]4[C@H]3C)cn12.[Na+]. The summed E-state index contributed by atoms with van der Waals surface area (Å²) in [7, 11) is 0. The number of thiazole rings is 1. The molecular formula is C18H18N3NaO6S. The second kappa shape index (κ2) is 7.60. The van der Waals surface area contributed by atoms with Crippen molar-refractivity contribution in [2.75, 3.05) is 6.61 Å². The number of amides is 1. The van der Waals surface area contributed by atoms with Gasteiger partial charge in [-0.25, -0.2) is 4.98 Å². The molecule has 29 heavy (non-hydrogen) atoms. The van der Waals surface area contributed by atoms with Gasteiger partial charge in [-0.15, -0.1) is 11.3 Å². The molecule has 2 aliphatic rings. The number of ketones is 1. The molecule has 2 N–H and O–H groups in total. The number of carbonyl (C=O) groups excluding carboxylic acids is 3. The van der Waals surface area contributed by atoms with Crippen LogP contribution in [0.1, 0.15) is 35.0 Å². The van der Waals surface area contributed by atoms with Crippen molar-refractivity contribution in [3.05, 3.63) is 28.3 Å². The summed E-state index contributed by atoms with van der Waals surface area (Å²) in [5.41, 5.74) is 0.375. The molecule has 2 aromatic rings. The van der Waals surface area contributed by atoms with Gasteiger partial charge in [0.2, 0.25) is 11.7 Å². The molecule has 2 aliphatic heterocycles. The molecule has 9 nitrogen and oxygen atoms in total. The monoisotopic (exact) mass is 427 g/mol. The third-order valence-electron chi connectivity index (χ3n) is 5.54. The van der Waals surface area contributed by atoms with E-state index in [-0.39, 0.29) is 46.9 Å². The molecule has 11 heteroatoms. The number of aryl methyl sites for hydroxylation is 1. The van der Waals surface area contributed by atoms with Gasteiger partial charge in [0.25, 0.3) is 0 Å². The Kier molecular flexibility index (Phi) is 5.80. The Balaban J connectivity index is 0.00000240. The molecule has 1 saturated heterocycles. The van der Waals surface area contributed by atoms with E-state index < -0.39 is 42.3 Å². The maximum absolute atomic E-state index is 12.4. The molecule has 0 saturated carbocycles. The molecule has 4 heterocycles. The summed E-state index contributed by atoms with van der Waals surface area (Å²) in [5.74, 6) is -2.89. The van der Waals surface area contributed by atoms with Crippen LogP contribution in [0.3, 0.4) is 0 Å². The van der Waals surface area contributed by atoms with Crippen molar-refractivity contribution in [2.45, 2.75) is 32.9 Å². The Bertz CT molecular complexity index is 1070. The van der Waals surface area contributed by atoms with E-state index in [9.17, 15) is 24.6 Å². The number of nitrogens with zero attached hydrogens (tertiary/aromatic N) is 3. The predicted molar refractivity (Wildman–Crippen MR) is 96.1 cm³/mol. The molecule has 4 atom stereocenters. The number of carboxylic acids is 1. The Morgan fingerprint density at radius 2 is 2.07 bits per heavy atom. The quantitative estimate of drug-likeness (QED) is 0.284. The molecule has 0 aliphatic carbocycles. The minimum absolute atomic E-state index is 0. The molecule has 1 fully saturated rings. The first kappa shape index (κ1) is 22.1. The standard InChI is InChI=1S/C18H19N3O6S.Na/c1-6-11(15(18(26)27)21-14(6)12(7(2)23)16(21)25)10-4-20-8(3)19-13(9(24)5-22)17(20)28-10;/h4,6-7,12,14,22-23H,5H2,1-3H3,(H,26,27);/q;+1/p-1/t6-,7+,12+,14+;/m0./s1. The molecule has 0 bridgehead atoms. The van der Waals surface area contributed by atoms with Crippen LogP contribution in [0.15, 0.2) is 11.9 Å². The number of Topliss-reactive ketones (excluding diaryl/α,β-unsaturated/α-hetero) is 1. The number of imidazole rings is 1. The van der Waals surface area contributed by atoms with Gasteiger partial charge in [-0.3, -0.25) is 14.0 Å². The Labute approximate surface area is 191 Å². The first-order valence-electron chi connectivity index (χ1n) is 8.78. The average molecular weight is 427 g/mol. The van der Waals surface area contributed by atoms with E-state index in [1.165, 1.54) is 23.2 Å². The maximum Gasteiger partial charge on any atom is 1.00 e. The Morgan fingerprint density at radius 3 is 2.62 bits per heavy atom. The molecule has 2 aromatic heterocycles. The number of rotatable bonds is 5. The zero-order valence-corrected chi connectivity index (χ0v) is 19.2. The minimum atomic E-state index is -1.46. The van der Waals surface area contributed by atoms with E-state index >= 15 is 0 Å². The fourth-order valence-corrected chi connectivity index (χ4v) is 5.58. The second-order valence-corrected chi connectivity index (χ2v) is 8.19. The van der Waals surface area contributed by atoms with Crippen molar-refractivity contribution in [1.82, 2.24) is 14.3 Å². The summed E-state index contributed by atoms with van der Waals surface area (Å²) in [6.07, 6.45) is 0.789. The van der Waals surface area contributed by atoms with Crippen molar-refractivity contribution >= 4 is 39.4 Å². The van der Waals surface area contributed by atoms with Crippen LogP contribution in [-0.2, 0) is 9.59 Å². The van der Waals surface area contributed by atoms with Gasteiger partial charge in [0.05, 0.1) is 34.6 Å². The number of carboxylic acid groups (broad SMARTS) is 1. The van der Waals surface area contributed by atoms with Crippen molar-refractivity contribution in [3.63, 3.8) is 0 Å². The van der Waals surface area contributed by atoms with Gasteiger partial charge in [-0.05, 0) is 13.8 Å². The number of aliphatic hydroxyl groups is 2. The smallest absolute Gasteiger partial charge is 0.543 e. The number of carbonyl (C=O) groups is 3. The number of hydrogen-bond donors (Lipinski definition) is 2. The van der Waals surface area contributed by atoms with E-state index in [0.29, 0.717) is 21.1 Å². The topological polar surface area (TPSA) is 135 Å². The van der Waals surface area contributed by atoms with Crippen LogP contribution < -0.4 is 34.7 Å². The van der Waals surface area contributed by atoms with E-state index in [2.05, 4.69) is 4.98 Å². The van der Waals surface area contributed by atoms with Crippen LogP contribution >= 0.6 is 11.3 Å². The van der Waals surface area contributed by atoms with Crippen LogP contribution in [0.2, 0.25) is 0 Å². The van der Waals surface area contributed by atoms with Crippen LogP contribution in [-0.4, -0.2) is 60.9 Å². The maximum atomic E-state index is 12.4. The molecule has 0 unspecified atom stereocenters. The number of β-lactam (4-membered cyclic amide) rings is 1. The molecule has 4 rings (SSSR count). The van der Waals surface area contributed by atoms with E-state index in [4.69, 9.17) is 5.11 Å². The number of hydrogen-bond acceptors (Lipinski definition) is 8. The molecular weight excluding hydrogens is 409 g/mol. The summed E-state index contributed by atoms with van der Waals surface area (Å²) in [6, 6.07) is -0.449. The van der Waals surface area contributed by atoms with Gasteiger partial charge in [0.15, 0.2) is 0 Å². The van der Waals surface area contributed by atoms with Gasteiger partial charge in [-0.1, -0.05) is 6.92 Å². The third-order valence-corrected chi connectivity index (χ3v) is 6.66. The molecule has 148 valence electrons. The van der Waals surface area contributed by atoms with E-state index in [1.807, 2.05) is 6.92 Å². The van der Waals surface area contributed by atoms with Gasteiger partial charge in [-0.2, -0.15) is 0 Å². The van der Waals surface area contributed by atoms with Gasteiger partial charge < -0.3 is 25.0 Å². The van der Waals surface area contributed by atoms with Gasteiger partial charge >= 0.3 is 29.6 Å². The summed E-state index contributed by atoms with van der Waals surface area (Å²) in [6.45, 7) is 4.35. The van der Waals surface area contributed by atoms with E-state index in [1.54, 1.807) is 17.5 Å². The Hall–Kier alpha value is -1.56. The number of aromatic nitrogens is 2. The molecule has 0 aromatic carbocycles. The normalized spacial score (nSPS) is 24.4. The molecule has 1 amide bonds. The van der Waals surface area contributed by atoms with Gasteiger partial charge in [0.1, 0.15) is 23.0 Å². The van der Waals surface area contributed by atoms with Crippen molar-refractivity contribution in [1.29, 1.82) is 0 Å². The first-order valence-corrected chi connectivity index (χ1v) is 9.60. The van der Waals surface area contributed by atoms with Gasteiger partial charge in [0, 0.05) is 17.7 Å². The van der Waals surface area contributed by atoms with Crippen molar-refractivity contribution in [3.8, 4) is 0 Å². The van der Waals surface area contributed by atoms with Crippen molar-refractivity contribution in [2.24, 2.45) is 11.8 Å². The first-order chi connectivity index (χ1) is 13.2. The number of aliphatic carboxylic acids is 1. The van der Waals surface area contributed by atoms with Crippen LogP contribution in [0.5, 0.6) is 0 Å². The fourth-order valence-electron chi connectivity index (χ4n) is 4.29. The average Bonchev–Trinajstić information content (AvgIpc) is 3.24. The van der Waals surface area contributed by atoms with Crippen LogP contribution in [0.4, 0.5) is 0 Å².